The molecule has 0 aliphatic carbocycles. The summed E-state index contributed by atoms with van der Waals surface area (Å²) in [6.07, 6.45) is 0. The first-order chi connectivity index (χ1) is 9.69. The van der Waals surface area contributed by atoms with Crippen LogP contribution in [0.4, 0.5) is 8.78 Å². The van der Waals surface area contributed by atoms with Crippen LogP contribution in [-0.4, -0.2) is 18.3 Å². The summed E-state index contributed by atoms with van der Waals surface area (Å²) in [5.74, 6) is -0.553. The van der Waals surface area contributed by atoms with Crippen LogP contribution in [0, 0.1) is 11.6 Å². The molecule has 0 bridgehead atoms. The van der Waals surface area contributed by atoms with Gasteiger partial charge in [-0.15, -0.1) is 0 Å². The maximum atomic E-state index is 13.0. The molecule has 106 valence electrons. The van der Waals surface area contributed by atoms with Gasteiger partial charge in [0.1, 0.15) is 24.7 Å². The number of halogens is 2. The van der Waals surface area contributed by atoms with Crippen molar-refractivity contribution < 1.29 is 23.4 Å². The lowest BCUT2D eigenvalue weighted by molar-refractivity contribution is 0.201. The van der Waals surface area contributed by atoms with Gasteiger partial charge < -0.3 is 14.6 Å². The molecule has 0 aromatic heterocycles. The molecule has 2 aromatic rings. The summed E-state index contributed by atoms with van der Waals surface area (Å²) in [7, 11) is 0. The largest absolute Gasteiger partial charge is 0.491 e. The predicted molar refractivity (Wildman–Crippen MR) is 69.7 cm³/mol. The van der Waals surface area contributed by atoms with Gasteiger partial charge in [0.25, 0.3) is 0 Å². The van der Waals surface area contributed by atoms with Gasteiger partial charge in [-0.25, -0.2) is 8.78 Å². The maximum absolute atomic E-state index is 13.0. The van der Waals surface area contributed by atoms with Crippen molar-refractivity contribution in [3.63, 3.8) is 0 Å². The minimum atomic E-state index is -0.890. The summed E-state index contributed by atoms with van der Waals surface area (Å²) in [6, 6.07) is 10.5. The highest BCUT2D eigenvalue weighted by atomic mass is 19.2. The molecular weight excluding hydrogens is 266 g/mol. The number of ether oxygens (including phenoxy) is 2. The normalized spacial score (nSPS) is 10.3. The Balaban J connectivity index is 1.91. The van der Waals surface area contributed by atoms with Crippen LogP contribution in [-0.2, 0) is 6.61 Å². The molecule has 0 aliphatic rings. The van der Waals surface area contributed by atoms with Crippen LogP contribution in [0.25, 0.3) is 0 Å². The zero-order valence-electron chi connectivity index (χ0n) is 10.7. The van der Waals surface area contributed by atoms with Gasteiger partial charge in [-0.1, -0.05) is 6.07 Å². The number of hydrogen-bond acceptors (Lipinski definition) is 3. The van der Waals surface area contributed by atoms with Gasteiger partial charge in [0.05, 0.1) is 6.61 Å². The van der Waals surface area contributed by atoms with Crippen LogP contribution >= 0.6 is 0 Å². The smallest absolute Gasteiger partial charge is 0.159 e. The number of aliphatic hydroxyl groups is 1. The van der Waals surface area contributed by atoms with Gasteiger partial charge in [0.2, 0.25) is 0 Å². The third-order valence-electron chi connectivity index (χ3n) is 2.57. The van der Waals surface area contributed by atoms with E-state index in [-0.39, 0.29) is 19.8 Å². The first-order valence-electron chi connectivity index (χ1n) is 6.09. The molecule has 5 heteroatoms. The summed E-state index contributed by atoms with van der Waals surface area (Å²) >= 11 is 0. The third-order valence-corrected chi connectivity index (χ3v) is 2.57. The summed E-state index contributed by atoms with van der Waals surface area (Å²) < 4.78 is 36.4. The van der Waals surface area contributed by atoms with Gasteiger partial charge in [0.15, 0.2) is 11.6 Å². The van der Waals surface area contributed by atoms with Crippen molar-refractivity contribution in [2.24, 2.45) is 0 Å². The molecule has 0 radical (unpaired) electrons. The summed E-state index contributed by atoms with van der Waals surface area (Å²) in [5, 5.41) is 8.63. The minimum absolute atomic E-state index is 0.0472. The molecule has 0 atom stereocenters. The predicted octanol–water partition coefficient (Wildman–Crippen LogP) is 2.91. The molecule has 0 saturated carbocycles. The molecule has 0 spiro atoms. The fraction of sp³-hybridized carbons (Fsp3) is 0.200. The van der Waals surface area contributed by atoms with Crippen LogP contribution in [0.5, 0.6) is 11.5 Å². The lowest BCUT2D eigenvalue weighted by Gasteiger charge is -2.08. The Hall–Kier alpha value is -2.14. The van der Waals surface area contributed by atoms with Crippen molar-refractivity contribution in [1.82, 2.24) is 0 Å². The Kier molecular flexibility index (Phi) is 4.90. The van der Waals surface area contributed by atoms with E-state index in [0.29, 0.717) is 17.1 Å². The Labute approximate surface area is 115 Å². The fourth-order valence-corrected chi connectivity index (χ4v) is 1.59. The number of hydrogen-bond donors (Lipinski definition) is 1. The van der Waals surface area contributed by atoms with E-state index in [1.54, 1.807) is 24.3 Å². The minimum Gasteiger partial charge on any atom is -0.491 e. The number of aliphatic hydroxyl groups excluding tert-OH is 1. The van der Waals surface area contributed by atoms with Gasteiger partial charge in [-0.2, -0.15) is 0 Å². The summed E-state index contributed by atoms with van der Waals surface area (Å²) in [6.45, 7) is 0.331. The third kappa shape index (κ3) is 3.93. The van der Waals surface area contributed by atoms with E-state index in [4.69, 9.17) is 14.6 Å². The lowest BCUT2D eigenvalue weighted by Crippen LogP contribution is -2.01. The van der Waals surface area contributed by atoms with Crippen molar-refractivity contribution in [3.05, 3.63) is 59.7 Å². The van der Waals surface area contributed by atoms with Crippen molar-refractivity contribution >= 4 is 0 Å². The van der Waals surface area contributed by atoms with Crippen molar-refractivity contribution in [3.8, 4) is 11.5 Å². The molecule has 2 aromatic carbocycles. The van der Waals surface area contributed by atoms with Crippen LogP contribution in [0.2, 0.25) is 0 Å². The van der Waals surface area contributed by atoms with E-state index in [2.05, 4.69) is 0 Å². The first kappa shape index (κ1) is 14.3. The Morgan fingerprint density at radius 2 is 1.50 bits per heavy atom. The zero-order chi connectivity index (χ0) is 14.4. The van der Waals surface area contributed by atoms with Crippen LogP contribution in [0.3, 0.4) is 0 Å². The number of benzene rings is 2. The Morgan fingerprint density at radius 3 is 2.10 bits per heavy atom. The highest BCUT2D eigenvalue weighted by Crippen LogP contribution is 2.19. The molecular formula is C15H14F2O3. The molecule has 0 aliphatic heterocycles. The van der Waals surface area contributed by atoms with Gasteiger partial charge in [-0.3, -0.25) is 0 Å². The summed E-state index contributed by atoms with van der Waals surface area (Å²) in [4.78, 5) is 0. The second-order valence-corrected chi connectivity index (χ2v) is 4.08. The molecule has 3 nitrogen and oxygen atoms in total. The second kappa shape index (κ2) is 6.86. The fourth-order valence-electron chi connectivity index (χ4n) is 1.59. The van der Waals surface area contributed by atoms with Gasteiger partial charge in [0, 0.05) is 0 Å². The Bertz CT molecular complexity index is 556. The van der Waals surface area contributed by atoms with Gasteiger partial charge >= 0.3 is 0 Å². The zero-order valence-corrected chi connectivity index (χ0v) is 10.7. The van der Waals surface area contributed by atoms with E-state index >= 15 is 0 Å². The number of rotatable bonds is 6. The Morgan fingerprint density at radius 1 is 0.850 bits per heavy atom. The monoisotopic (exact) mass is 280 g/mol. The molecule has 2 rings (SSSR count). The molecule has 0 saturated heterocycles. The second-order valence-electron chi connectivity index (χ2n) is 4.08. The lowest BCUT2D eigenvalue weighted by atomic mass is 10.2. The maximum Gasteiger partial charge on any atom is 0.159 e. The molecule has 0 unspecified atom stereocenters. The highest BCUT2D eigenvalue weighted by Gasteiger charge is 2.03. The van der Waals surface area contributed by atoms with E-state index < -0.39 is 11.6 Å². The summed E-state index contributed by atoms with van der Waals surface area (Å²) in [5.41, 5.74) is 0.546. The molecule has 0 heterocycles. The van der Waals surface area contributed by atoms with E-state index in [1.165, 1.54) is 6.07 Å². The van der Waals surface area contributed by atoms with E-state index in [1.807, 2.05) is 0 Å². The van der Waals surface area contributed by atoms with Crippen molar-refractivity contribution in [2.45, 2.75) is 6.61 Å². The SMILES string of the molecule is OCCOc1ccc(OCc2ccc(F)c(F)c2)cc1. The average Bonchev–Trinajstić information content (AvgIpc) is 2.47. The molecule has 1 N–H and O–H groups in total. The average molecular weight is 280 g/mol. The van der Waals surface area contributed by atoms with Gasteiger partial charge in [-0.05, 0) is 42.0 Å². The quantitative estimate of drug-likeness (QED) is 0.884. The highest BCUT2D eigenvalue weighted by molar-refractivity contribution is 5.31. The van der Waals surface area contributed by atoms with E-state index in [0.717, 1.165) is 12.1 Å². The van der Waals surface area contributed by atoms with Crippen LogP contribution in [0.15, 0.2) is 42.5 Å². The van der Waals surface area contributed by atoms with Crippen molar-refractivity contribution in [1.29, 1.82) is 0 Å². The van der Waals surface area contributed by atoms with Crippen LogP contribution in [0.1, 0.15) is 5.56 Å². The standard InChI is InChI=1S/C15H14F2O3/c16-14-6-1-11(9-15(14)17)10-20-13-4-2-12(3-5-13)19-8-7-18/h1-6,9,18H,7-8,10H2. The van der Waals surface area contributed by atoms with Crippen molar-refractivity contribution in [2.75, 3.05) is 13.2 Å². The first-order valence-corrected chi connectivity index (χ1v) is 6.09. The topological polar surface area (TPSA) is 38.7 Å². The molecule has 0 fully saturated rings. The molecule has 20 heavy (non-hydrogen) atoms. The molecule has 0 amide bonds. The van der Waals surface area contributed by atoms with E-state index in [9.17, 15) is 8.78 Å². The van der Waals surface area contributed by atoms with Crippen LogP contribution < -0.4 is 9.47 Å².